The molecule has 1 aliphatic rings. The maximum absolute atomic E-state index is 4.96. The Labute approximate surface area is 168 Å². The molecule has 0 amide bonds. The third-order valence-electron chi connectivity index (χ3n) is 4.67. The van der Waals surface area contributed by atoms with Crippen molar-refractivity contribution in [1.82, 2.24) is 19.6 Å². The first-order valence-electron chi connectivity index (χ1n) is 9.35. The van der Waals surface area contributed by atoms with Crippen LogP contribution in [0.5, 0.6) is 0 Å². The van der Waals surface area contributed by atoms with E-state index < -0.39 is 0 Å². The lowest BCUT2D eigenvalue weighted by Gasteiger charge is -2.29. The Bertz CT molecular complexity index is 841. The molecular weight excluding hydrogens is 348 g/mol. The molecule has 0 radical (unpaired) electrons. The zero-order valence-corrected chi connectivity index (χ0v) is 18.1. The molecule has 0 saturated heterocycles. The lowest BCUT2D eigenvalue weighted by Crippen LogP contribution is -2.35. The van der Waals surface area contributed by atoms with E-state index in [0.717, 1.165) is 23.3 Å². The summed E-state index contributed by atoms with van der Waals surface area (Å²) in [7, 11) is 16.1. The number of aliphatic imine (C=N–C) groups is 2. The molecule has 0 atom stereocenters. The second-order valence-corrected chi connectivity index (χ2v) is 7.80. The van der Waals surface area contributed by atoms with Crippen molar-refractivity contribution in [1.29, 1.82) is 0 Å². The van der Waals surface area contributed by atoms with Crippen LogP contribution >= 0.6 is 0 Å². The highest BCUT2D eigenvalue weighted by Crippen LogP contribution is 2.55. The van der Waals surface area contributed by atoms with Gasteiger partial charge in [0.2, 0.25) is 11.9 Å². The summed E-state index contributed by atoms with van der Waals surface area (Å²) < 4.78 is 0. The van der Waals surface area contributed by atoms with Gasteiger partial charge in [-0.1, -0.05) is 24.3 Å². The predicted molar refractivity (Wildman–Crippen MR) is 120 cm³/mol. The Balaban J connectivity index is 2.16. The van der Waals surface area contributed by atoms with Crippen molar-refractivity contribution < 1.29 is 0 Å². The van der Waals surface area contributed by atoms with Gasteiger partial charge in [-0.05, 0) is 23.3 Å². The lowest BCUT2D eigenvalue weighted by atomic mass is 9.78. The van der Waals surface area contributed by atoms with Gasteiger partial charge >= 0.3 is 0 Å². The normalized spacial score (nSPS) is 10.9. The first-order chi connectivity index (χ1) is 13.2. The number of nitrogens with zero attached hydrogens (tertiary/aromatic N) is 6. The molecule has 0 bridgehead atoms. The quantitative estimate of drug-likeness (QED) is 0.505. The van der Waals surface area contributed by atoms with Crippen LogP contribution in [0.4, 0.5) is 11.4 Å². The van der Waals surface area contributed by atoms with E-state index in [2.05, 4.69) is 36.4 Å². The fourth-order valence-corrected chi connectivity index (χ4v) is 3.59. The van der Waals surface area contributed by atoms with Crippen molar-refractivity contribution in [2.24, 2.45) is 9.98 Å². The van der Waals surface area contributed by atoms with Crippen molar-refractivity contribution in [3.05, 3.63) is 36.4 Å². The van der Waals surface area contributed by atoms with Crippen LogP contribution in [0.25, 0.3) is 22.3 Å². The van der Waals surface area contributed by atoms with Gasteiger partial charge in [0.05, 0.1) is 11.4 Å². The molecule has 0 unspecified atom stereocenters. The molecule has 0 fully saturated rings. The number of hydrogen-bond acceptors (Lipinski definition) is 2. The zero-order chi connectivity index (χ0) is 20.6. The minimum atomic E-state index is 0.908. The third kappa shape index (κ3) is 3.42. The molecule has 6 heteroatoms. The number of guanidine groups is 2. The minimum Gasteiger partial charge on any atom is -0.349 e. The predicted octanol–water partition coefficient (Wildman–Crippen LogP) is 3.56. The van der Waals surface area contributed by atoms with Crippen LogP contribution in [0.3, 0.4) is 0 Å². The van der Waals surface area contributed by atoms with Gasteiger partial charge in [-0.15, -0.1) is 0 Å². The Hall–Kier alpha value is -3.02. The largest absolute Gasteiger partial charge is 0.349 e. The average molecular weight is 379 g/mol. The van der Waals surface area contributed by atoms with Gasteiger partial charge in [0.1, 0.15) is 0 Å². The van der Waals surface area contributed by atoms with E-state index in [1.54, 1.807) is 0 Å². The van der Waals surface area contributed by atoms with Crippen LogP contribution in [-0.4, -0.2) is 87.9 Å². The van der Waals surface area contributed by atoms with Crippen LogP contribution in [0.15, 0.2) is 46.4 Å². The van der Waals surface area contributed by atoms with Gasteiger partial charge in [-0.25, -0.2) is 9.98 Å². The molecule has 0 N–H and O–H groups in total. The van der Waals surface area contributed by atoms with Gasteiger partial charge in [0.25, 0.3) is 0 Å². The first kappa shape index (κ1) is 19.7. The molecule has 3 rings (SSSR count). The van der Waals surface area contributed by atoms with Crippen LogP contribution in [-0.2, 0) is 0 Å². The zero-order valence-electron chi connectivity index (χ0n) is 18.1. The first-order valence-corrected chi connectivity index (χ1v) is 9.35. The van der Waals surface area contributed by atoms with E-state index in [0.29, 0.717) is 0 Å². The number of benzene rings is 2. The Morgan fingerprint density at radius 1 is 0.536 bits per heavy atom. The Kier molecular flexibility index (Phi) is 5.31. The molecule has 2 aromatic carbocycles. The lowest BCUT2D eigenvalue weighted by molar-refractivity contribution is 0.484. The second kappa shape index (κ2) is 7.54. The van der Waals surface area contributed by atoms with Crippen LogP contribution in [0.1, 0.15) is 0 Å². The molecular formula is C22H30N6. The van der Waals surface area contributed by atoms with E-state index in [-0.39, 0.29) is 0 Å². The SMILES string of the molecule is CN(C)C(=Nc1cccc2c1-c1c(N=C(N(C)C)N(C)C)cccc1-2)N(C)C. The minimum absolute atomic E-state index is 0.908. The van der Waals surface area contributed by atoms with Crippen LogP contribution in [0, 0.1) is 0 Å². The number of fused-ring (bicyclic) bond motifs is 4. The third-order valence-corrected chi connectivity index (χ3v) is 4.67. The van der Waals surface area contributed by atoms with E-state index in [9.17, 15) is 0 Å². The molecule has 2 aromatic rings. The van der Waals surface area contributed by atoms with E-state index in [1.165, 1.54) is 22.3 Å². The molecule has 0 saturated carbocycles. The summed E-state index contributed by atoms with van der Waals surface area (Å²) in [5, 5.41) is 0. The fraction of sp³-hybridized carbons (Fsp3) is 0.364. The summed E-state index contributed by atoms with van der Waals surface area (Å²) in [6.07, 6.45) is 0. The van der Waals surface area contributed by atoms with Crippen molar-refractivity contribution in [2.75, 3.05) is 56.4 Å². The van der Waals surface area contributed by atoms with E-state index >= 15 is 0 Å². The highest BCUT2D eigenvalue weighted by molar-refractivity contribution is 6.12. The van der Waals surface area contributed by atoms with Crippen LogP contribution < -0.4 is 0 Å². The van der Waals surface area contributed by atoms with Gasteiger partial charge in [-0.2, -0.15) is 0 Å². The summed E-state index contributed by atoms with van der Waals surface area (Å²) >= 11 is 0. The Morgan fingerprint density at radius 3 is 1.14 bits per heavy atom. The van der Waals surface area contributed by atoms with Crippen molar-refractivity contribution >= 4 is 23.3 Å². The molecule has 148 valence electrons. The molecule has 0 aliphatic heterocycles. The monoisotopic (exact) mass is 378 g/mol. The van der Waals surface area contributed by atoms with Crippen molar-refractivity contribution in [3.8, 4) is 22.3 Å². The van der Waals surface area contributed by atoms with Gasteiger partial charge in [0, 0.05) is 67.5 Å². The summed E-state index contributed by atoms with van der Waals surface area (Å²) in [6, 6.07) is 12.6. The standard InChI is InChI=1S/C22H30N6/c1-25(2)21(26(3)4)23-17-13-9-11-15-16-12-10-14-18(20(16)19(15)17)24-22(27(5)6)28(7)8/h9-14H,1-8H3. The molecule has 0 aromatic heterocycles. The topological polar surface area (TPSA) is 37.7 Å². The van der Waals surface area contributed by atoms with Gasteiger partial charge < -0.3 is 19.6 Å². The molecule has 1 aliphatic carbocycles. The maximum atomic E-state index is 4.96. The summed E-state index contributed by atoms with van der Waals surface area (Å²) in [5.74, 6) is 1.82. The van der Waals surface area contributed by atoms with Crippen molar-refractivity contribution in [2.45, 2.75) is 0 Å². The van der Waals surface area contributed by atoms with Gasteiger partial charge in [0.15, 0.2) is 0 Å². The van der Waals surface area contributed by atoms with Crippen LogP contribution in [0.2, 0.25) is 0 Å². The Morgan fingerprint density at radius 2 is 0.857 bits per heavy atom. The second-order valence-electron chi connectivity index (χ2n) is 7.80. The van der Waals surface area contributed by atoms with E-state index in [4.69, 9.17) is 9.98 Å². The molecule has 0 spiro atoms. The highest BCUT2D eigenvalue weighted by Gasteiger charge is 2.28. The van der Waals surface area contributed by atoms with Gasteiger partial charge in [-0.3, -0.25) is 0 Å². The average Bonchev–Trinajstić information content (AvgIpc) is 2.60. The summed E-state index contributed by atoms with van der Waals surface area (Å²) in [4.78, 5) is 18.0. The number of hydrogen-bond donors (Lipinski definition) is 0. The summed E-state index contributed by atoms with van der Waals surface area (Å²) in [6.45, 7) is 0. The van der Waals surface area contributed by atoms with E-state index in [1.807, 2.05) is 76.0 Å². The summed E-state index contributed by atoms with van der Waals surface area (Å²) in [5.41, 5.74) is 6.77. The smallest absolute Gasteiger partial charge is 0.200 e. The number of rotatable bonds is 2. The molecule has 6 nitrogen and oxygen atoms in total. The molecule has 28 heavy (non-hydrogen) atoms. The highest BCUT2D eigenvalue weighted by atomic mass is 15.3. The van der Waals surface area contributed by atoms with Crippen molar-refractivity contribution in [3.63, 3.8) is 0 Å². The fourth-order valence-electron chi connectivity index (χ4n) is 3.59. The molecule has 0 heterocycles. The maximum Gasteiger partial charge on any atom is 0.200 e.